The number of aliphatic hydroxyl groups is 1. The lowest BCUT2D eigenvalue weighted by molar-refractivity contribution is -0.258. The number of benzene rings is 1. The number of nitrogens with zero attached hydrogens (tertiary/aromatic N) is 3. The molecule has 1 aromatic carbocycles. The molecule has 1 aliphatic heterocycles. The van der Waals surface area contributed by atoms with Crippen molar-refractivity contribution in [2.24, 2.45) is 0 Å². The summed E-state index contributed by atoms with van der Waals surface area (Å²) in [6, 6.07) is 7.66. The van der Waals surface area contributed by atoms with Crippen molar-refractivity contribution in [1.82, 2.24) is 8.61 Å². The van der Waals surface area contributed by atoms with Gasteiger partial charge in [0.15, 0.2) is 5.60 Å². The van der Waals surface area contributed by atoms with E-state index in [-0.39, 0.29) is 36.0 Å². The second-order valence-corrected chi connectivity index (χ2v) is 13.5. The highest BCUT2D eigenvalue weighted by molar-refractivity contribution is 7.91. The molecule has 0 aliphatic carbocycles. The van der Waals surface area contributed by atoms with Crippen LogP contribution in [-0.4, -0.2) is 82.3 Å². The van der Waals surface area contributed by atoms with Crippen molar-refractivity contribution < 1.29 is 35.1 Å². The molecule has 190 valence electrons. The zero-order valence-corrected chi connectivity index (χ0v) is 21.2. The summed E-state index contributed by atoms with van der Waals surface area (Å²) in [6.45, 7) is 0.933. The third kappa shape index (κ3) is 5.41. The van der Waals surface area contributed by atoms with Crippen molar-refractivity contribution in [2.45, 2.75) is 29.0 Å². The van der Waals surface area contributed by atoms with E-state index in [1.807, 2.05) is 0 Å². The fraction of sp³-hybridized carbons (Fsp3) is 0.500. The van der Waals surface area contributed by atoms with E-state index >= 15 is 0 Å². The molecule has 0 saturated carbocycles. The maximum atomic E-state index is 13.2. The Hall–Kier alpha value is -1.71. The van der Waals surface area contributed by atoms with Crippen LogP contribution in [0.3, 0.4) is 0 Å². The Bertz CT molecular complexity index is 1200. The summed E-state index contributed by atoms with van der Waals surface area (Å²) in [5.41, 5.74) is -2.89. The van der Waals surface area contributed by atoms with Crippen molar-refractivity contribution in [3.05, 3.63) is 47.3 Å². The molecule has 1 aromatic heterocycles. The number of anilines is 1. The normalized spacial score (nSPS) is 20.5. The second-order valence-electron chi connectivity index (χ2n) is 8.30. The molecule has 34 heavy (non-hydrogen) atoms. The van der Waals surface area contributed by atoms with E-state index in [1.165, 1.54) is 29.6 Å². The van der Waals surface area contributed by atoms with Crippen LogP contribution < -0.4 is 4.90 Å². The lowest BCUT2D eigenvalue weighted by Gasteiger charge is -2.43. The van der Waals surface area contributed by atoms with Crippen LogP contribution in [0.4, 0.5) is 18.9 Å². The summed E-state index contributed by atoms with van der Waals surface area (Å²) in [7, 11) is -5.96. The number of rotatable bonds is 7. The Morgan fingerprint density at radius 3 is 2.24 bits per heavy atom. The summed E-state index contributed by atoms with van der Waals surface area (Å²) in [5.74, 6) is 0. The highest BCUT2D eigenvalue weighted by Gasteiger charge is 2.51. The Balaban J connectivity index is 1.91. The molecule has 14 heteroatoms. The van der Waals surface area contributed by atoms with Crippen LogP contribution in [0.2, 0.25) is 0 Å². The number of halogens is 3. The molecule has 1 N–H and O–H groups in total. The molecule has 0 spiro atoms. The predicted molar refractivity (Wildman–Crippen MR) is 124 cm³/mol. The van der Waals surface area contributed by atoms with Crippen LogP contribution in [0.15, 0.2) is 46.0 Å². The number of hydrogen-bond acceptors (Lipinski definition) is 7. The molecule has 0 bridgehead atoms. The average molecular weight is 542 g/mol. The highest BCUT2D eigenvalue weighted by Crippen LogP contribution is 2.39. The minimum absolute atomic E-state index is 0.0118. The number of alkyl halides is 3. The summed E-state index contributed by atoms with van der Waals surface area (Å²) in [5, 5.41) is 11.6. The topological polar surface area (TPSA) is 98.2 Å². The van der Waals surface area contributed by atoms with Crippen molar-refractivity contribution >= 4 is 37.1 Å². The lowest BCUT2D eigenvalue weighted by Crippen LogP contribution is -2.58. The minimum atomic E-state index is -4.86. The van der Waals surface area contributed by atoms with Crippen LogP contribution in [-0.2, 0) is 25.6 Å². The van der Waals surface area contributed by atoms with Gasteiger partial charge in [-0.15, -0.1) is 11.3 Å². The number of thiophene rings is 1. The molecule has 0 unspecified atom stereocenters. The molecular formula is C20H26F3N3O5S3. The van der Waals surface area contributed by atoms with Gasteiger partial charge in [0.2, 0.25) is 10.0 Å². The zero-order valence-electron chi connectivity index (χ0n) is 18.7. The summed E-state index contributed by atoms with van der Waals surface area (Å²) in [4.78, 5) is 1.77. The first-order chi connectivity index (χ1) is 15.5. The molecule has 0 amide bonds. The molecule has 1 saturated heterocycles. The maximum absolute atomic E-state index is 13.2. The molecule has 2 heterocycles. The molecule has 1 fully saturated rings. The van der Waals surface area contributed by atoms with E-state index in [1.54, 1.807) is 16.3 Å². The fourth-order valence-corrected chi connectivity index (χ4v) is 6.71. The third-order valence-corrected chi connectivity index (χ3v) is 10.4. The summed E-state index contributed by atoms with van der Waals surface area (Å²) < 4.78 is 92.2. The number of sulfonamides is 2. The third-order valence-electron chi connectivity index (χ3n) is 5.88. The van der Waals surface area contributed by atoms with Crippen LogP contribution in [0.25, 0.3) is 0 Å². The smallest absolute Gasteiger partial charge is 0.376 e. The van der Waals surface area contributed by atoms with Crippen molar-refractivity contribution in [1.29, 1.82) is 0 Å². The highest BCUT2D eigenvalue weighted by atomic mass is 32.2. The molecule has 2 aromatic rings. The number of hydrogen-bond donors (Lipinski definition) is 1. The van der Waals surface area contributed by atoms with Gasteiger partial charge in [-0.2, -0.15) is 17.5 Å². The van der Waals surface area contributed by atoms with Gasteiger partial charge < -0.3 is 10.0 Å². The van der Waals surface area contributed by atoms with Gasteiger partial charge in [-0.25, -0.2) is 21.1 Å². The van der Waals surface area contributed by atoms with Crippen molar-refractivity contribution in [2.75, 3.05) is 44.4 Å². The molecular weight excluding hydrogens is 515 g/mol. The van der Waals surface area contributed by atoms with Crippen LogP contribution >= 0.6 is 11.3 Å². The van der Waals surface area contributed by atoms with Gasteiger partial charge >= 0.3 is 6.18 Å². The zero-order chi connectivity index (χ0) is 25.5. The van der Waals surface area contributed by atoms with Gasteiger partial charge in [0, 0.05) is 38.9 Å². The molecule has 1 aliphatic rings. The van der Waals surface area contributed by atoms with Crippen molar-refractivity contribution in [3.8, 4) is 0 Å². The summed E-state index contributed by atoms with van der Waals surface area (Å²) >= 11 is 1.08. The Kier molecular flexibility index (Phi) is 7.43. The van der Waals surface area contributed by atoms with Crippen LogP contribution in [0.1, 0.15) is 12.5 Å². The minimum Gasteiger partial charge on any atom is -0.376 e. The van der Waals surface area contributed by atoms with Crippen LogP contribution in [0, 0.1) is 0 Å². The van der Waals surface area contributed by atoms with E-state index in [2.05, 4.69) is 0 Å². The Morgan fingerprint density at radius 2 is 1.74 bits per heavy atom. The fourth-order valence-electron chi connectivity index (χ4n) is 3.65. The predicted octanol–water partition coefficient (Wildman–Crippen LogP) is 2.29. The largest absolute Gasteiger partial charge is 0.421 e. The van der Waals surface area contributed by atoms with E-state index in [0.29, 0.717) is 12.6 Å². The summed E-state index contributed by atoms with van der Waals surface area (Å²) in [6.07, 6.45) is -3.83. The monoisotopic (exact) mass is 541 g/mol. The Labute approximate surface area is 201 Å². The molecule has 0 radical (unpaired) electrons. The number of likely N-dealkylation sites (N-methyl/N-ethyl adjacent to an activating group) is 1. The van der Waals surface area contributed by atoms with E-state index in [4.69, 9.17) is 0 Å². The van der Waals surface area contributed by atoms with Gasteiger partial charge in [0.25, 0.3) is 10.0 Å². The van der Waals surface area contributed by atoms with Crippen molar-refractivity contribution in [3.63, 3.8) is 0 Å². The molecule has 2 atom stereocenters. The van der Waals surface area contributed by atoms with E-state index in [0.717, 1.165) is 34.0 Å². The molecule has 3 rings (SSSR count). The second kappa shape index (κ2) is 9.39. The first-order valence-corrected chi connectivity index (χ1v) is 14.3. The quantitative estimate of drug-likeness (QED) is 0.578. The van der Waals surface area contributed by atoms with Gasteiger partial charge in [0.05, 0.1) is 12.3 Å². The van der Waals surface area contributed by atoms with Gasteiger partial charge in [0.1, 0.15) is 4.21 Å². The standard InChI is InChI=1S/C20H26F3N3O5S3/c1-19(27,20(21,22)23)15-6-8-16(9-7-15)26-11-10-25(34(30,31)18-5-4-12-32-18)14-17(26)13-24(2)33(3,28)29/h4-9,12,17,27H,10-11,13-14H2,1-3H3/t17-,19+/m0/s1. The molecule has 8 nitrogen and oxygen atoms in total. The average Bonchev–Trinajstić information content (AvgIpc) is 3.28. The number of piperazine rings is 1. The Morgan fingerprint density at radius 1 is 1.12 bits per heavy atom. The first kappa shape index (κ1) is 26.9. The maximum Gasteiger partial charge on any atom is 0.421 e. The first-order valence-electron chi connectivity index (χ1n) is 10.2. The van der Waals surface area contributed by atoms with E-state index < -0.39 is 37.9 Å². The van der Waals surface area contributed by atoms with Gasteiger partial charge in [-0.1, -0.05) is 18.2 Å². The van der Waals surface area contributed by atoms with Crippen LogP contribution in [0.5, 0.6) is 0 Å². The lowest BCUT2D eigenvalue weighted by atomic mass is 9.95. The van der Waals surface area contributed by atoms with Gasteiger partial charge in [-0.3, -0.25) is 0 Å². The van der Waals surface area contributed by atoms with E-state index in [9.17, 15) is 35.1 Å². The van der Waals surface area contributed by atoms with Gasteiger partial charge in [-0.05, 0) is 36.1 Å². The SMILES string of the molecule is CN(C[C@H]1CN(S(=O)(=O)c2cccs2)CCN1c1ccc([C@@](C)(O)C(F)(F)F)cc1)S(C)(=O)=O.